The molecule has 0 bridgehead atoms. The molecule has 188 valence electrons. The van der Waals surface area contributed by atoms with Gasteiger partial charge in [-0.3, -0.25) is 4.79 Å². The van der Waals surface area contributed by atoms with Crippen molar-refractivity contribution in [2.45, 2.75) is 26.7 Å². The molecule has 1 aliphatic rings. The Balaban J connectivity index is 1.51. The van der Waals surface area contributed by atoms with E-state index in [-0.39, 0.29) is 5.91 Å². The summed E-state index contributed by atoms with van der Waals surface area (Å²) < 4.78 is 19.6. The maximum Gasteiger partial charge on any atom is 0.323 e. The number of halogens is 1. The first kappa shape index (κ1) is 25.2. The molecule has 0 saturated carbocycles. The predicted octanol–water partition coefficient (Wildman–Crippen LogP) is 5.70. The zero-order valence-electron chi connectivity index (χ0n) is 20.6. The number of carbonyl (C=O) groups is 2. The van der Waals surface area contributed by atoms with E-state index in [0.29, 0.717) is 35.0 Å². The number of aryl methyl sites for hydroxylation is 2. The van der Waals surface area contributed by atoms with Crippen molar-refractivity contribution in [2.75, 3.05) is 36.8 Å². The summed E-state index contributed by atoms with van der Waals surface area (Å²) in [6, 6.07) is 15.6. The van der Waals surface area contributed by atoms with E-state index in [4.69, 9.17) is 4.74 Å². The molecule has 0 unspecified atom stereocenters. The molecule has 3 aromatic carbocycles. The van der Waals surface area contributed by atoms with Crippen LogP contribution in [0.25, 0.3) is 0 Å². The van der Waals surface area contributed by atoms with Crippen LogP contribution in [0, 0.1) is 19.7 Å². The molecule has 1 saturated heterocycles. The second-order valence-corrected chi connectivity index (χ2v) is 8.95. The van der Waals surface area contributed by atoms with Gasteiger partial charge in [0.05, 0.1) is 5.69 Å². The van der Waals surface area contributed by atoms with E-state index in [1.54, 1.807) is 24.3 Å². The minimum Gasteiger partial charge on any atom is -0.455 e. The highest BCUT2D eigenvalue weighted by Crippen LogP contribution is 2.32. The van der Waals surface area contributed by atoms with Gasteiger partial charge in [0.1, 0.15) is 11.6 Å². The average Bonchev–Trinajstić information content (AvgIpc) is 3.36. The standard InChI is InChI=1S/C28H31FN4O3/c1-19-8-10-24(16-20(19)2)36-26-11-9-21(27(34)30-12-15-33-13-3-4-14-33)17-25(26)32-28(35)31-23-7-5-6-22(29)18-23/h5-11,16-18H,3-4,12-15H2,1-2H3,(H,30,34)(H2,31,32,35). The Kier molecular flexibility index (Phi) is 8.17. The number of amides is 3. The van der Waals surface area contributed by atoms with Gasteiger partial charge in [0, 0.05) is 24.3 Å². The van der Waals surface area contributed by atoms with Crippen LogP contribution >= 0.6 is 0 Å². The SMILES string of the molecule is Cc1ccc(Oc2ccc(C(=O)NCCN3CCCC3)cc2NC(=O)Nc2cccc(F)c2)cc1C. The summed E-state index contributed by atoms with van der Waals surface area (Å²) in [7, 11) is 0. The van der Waals surface area contributed by atoms with Crippen LogP contribution in [0.3, 0.4) is 0 Å². The lowest BCUT2D eigenvalue weighted by atomic mass is 10.1. The molecule has 1 heterocycles. The Bertz CT molecular complexity index is 1240. The predicted molar refractivity (Wildman–Crippen MR) is 139 cm³/mol. The lowest BCUT2D eigenvalue weighted by Gasteiger charge is -2.16. The maximum absolute atomic E-state index is 13.5. The molecule has 3 N–H and O–H groups in total. The van der Waals surface area contributed by atoms with Gasteiger partial charge >= 0.3 is 6.03 Å². The molecule has 7 nitrogen and oxygen atoms in total. The van der Waals surface area contributed by atoms with Crippen LogP contribution in [0.4, 0.5) is 20.6 Å². The van der Waals surface area contributed by atoms with Crippen LogP contribution in [0.1, 0.15) is 34.3 Å². The van der Waals surface area contributed by atoms with Crippen molar-refractivity contribution in [2.24, 2.45) is 0 Å². The molecule has 8 heteroatoms. The zero-order valence-corrected chi connectivity index (χ0v) is 20.6. The third kappa shape index (κ3) is 6.82. The smallest absolute Gasteiger partial charge is 0.323 e. The summed E-state index contributed by atoms with van der Waals surface area (Å²) >= 11 is 0. The molecule has 36 heavy (non-hydrogen) atoms. The minimum absolute atomic E-state index is 0.236. The topological polar surface area (TPSA) is 82.7 Å². The first-order chi connectivity index (χ1) is 17.4. The van der Waals surface area contributed by atoms with Crippen molar-refractivity contribution in [3.8, 4) is 11.5 Å². The largest absolute Gasteiger partial charge is 0.455 e. The molecule has 1 aliphatic heterocycles. The van der Waals surface area contributed by atoms with Crippen molar-refractivity contribution < 1.29 is 18.7 Å². The summed E-state index contributed by atoms with van der Waals surface area (Å²) in [5.74, 6) is 0.287. The molecule has 1 fully saturated rings. The second-order valence-electron chi connectivity index (χ2n) is 8.95. The molecule has 0 aromatic heterocycles. The number of ether oxygens (including phenoxy) is 1. The Hall–Kier alpha value is -3.91. The number of hydrogen-bond acceptors (Lipinski definition) is 4. The van der Waals surface area contributed by atoms with Crippen LogP contribution < -0.4 is 20.7 Å². The van der Waals surface area contributed by atoms with Gasteiger partial charge in [-0.1, -0.05) is 12.1 Å². The Labute approximate surface area is 210 Å². The minimum atomic E-state index is -0.586. The van der Waals surface area contributed by atoms with E-state index < -0.39 is 11.8 Å². The van der Waals surface area contributed by atoms with Gasteiger partial charge in [0.2, 0.25) is 0 Å². The van der Waals surface area contributed by atoms with E-state index in [0.717, 1.165) is 30.8 Å². The summed E-state index contributed by atoms with van der Waals surface area (Å²) in [6.45, 7) is 7.48. The summed E-state index contributed by atoms with van der Waals surface area (Å²) in [5, 5.41) is 8.28. The Morgan fingerprint density at radius 1 is 0.944 bits per heavy atom. The van der Waals surface area contributed by atoms with Gasteiger partial charge in [-0.05, 0) is 99.4 Å². The zero-order chi connectivity index (χ0) is 25.5. The van der Waals surface area contributed by atoms with Crippen LogP contribution in [0.5, 0.6) is 11.5 Å². The van der Waals surface area contributed by atoms with Crippen LogP contribution in [0.15, 0.2) is 60.7 Å². The molecular weight excluding hydrogens is 459 g/mol. The summed E-state index contributed by atoms with van der Waals surface area (Å²) in [4.78, 5) is 27.8. The van der Waals surface area contributed by atoms with E-state index in [1.165, 1.54) is 31.0 Å². The van der Waals surface area contributed by atoms with E-state index >= 15 is 0 Å². The molecule has 0 atom stereocenters. The third-order valence-electron chi connectivity index (χ3n) is 6.19. The Morgan fingerprint density at radius 2 is 1.75 bits per heavy atom. The van der Waals surface area contributed by atoms with Gasteiger partial charge in [-0.15, -0.1) is 0 Å². The summed E-state index contributed by atoms with van der Waals surface area (Å²) in [6.07, 6.45) is 2.39. The number of anilines is 2. The molecule has 0 aliphatic carbocycles. The van der Waals surface area contributed by atoms with Crippen molar-refractivity contribution in [1.29, 1.82) is 0 Å². The van der Waals surface area contributed by atoms with Crippen LogP contribution in [0.2, 0.25) is 0 Å². The van der Waals surface area contributed by atoms with Crippen LogP contribution in [-0.2, 0) is 0 Å². The number of carbonyl (C=O) groups excluding carboxylic acids is 2. The monoisotopic (exact) mass is 490 g/mol. The number of hydrogen-bond donors (Lipinski definition) is 3. The van der Waals surface area contributed by atoms with Crippen LogP contribution in [-0.4, -0.2) is 43.0 Å². The first-order valence-corrected chi connectivity index (χ1v) is 12.1. The number of likely N-dealkylation sites (tertiary alicyclic amines) is 1. The normalized spacial score (nSPS) is 13.3. The third-order valence-corrected chi connectivity index (χ3v) is 6.19. The fourth-order valence-corrected chi connectivity index (χ4v) is 4.05. The fraction of sp³-hybridized carbons (Fsp3) is 0.286. The summed E-state index contributed by atoms with van der Waals surface area (Å²) in [5.41, 5.74) is 3.22. The van der Waals surface area contributed by atoms with Gasteiger partial charge in [0.25, 0.3) is 5.91 Å². The van der Waals surface area contributed by atoms with E-state index in [2.05, 4.69) is 20.9 Å². The first-order valence-electron chi connectivity index (χ1n) is 12.1. The van der Waals surface area contributed by atoms with Crippen molar-refractivity contribution in [1.82, 2.24) is 10.2 Å². The number of rotatable bonds is 8. The van der Waals surface area contributed by atoms with Gasteiger partial charge < -0.3 is 25.6 Å². The van der Waals surface area contributed by atoms with Gasteiger partial charge in [-0.25, -0.2) is 9.18 Å². The fourth-order valence-electron chi connectivity index (χ4n) is 4.05. The van der Waals surface area contributed by atoms with Crippen molar-refractivity contribution in [3.05, 3.63) is 83.2 Å². The second kappa shape index (κ2) is 11.7. The average molecular weight is 491 g/mol. The number of benzene rings is 3. The van der Waals surface area contributed by atoms with Crippen molar-refractivity contribution in [3.63, 3.8) is 0 Å². The lowest BCUT2D eigenvalue weighted by molar-refractivity contribution is 0.0949. The van der Waals surface area contributed by atoms with Gasteiger partial charge in [0.15, 0.2) is 5.75 Å². The maximum atomic E-state index is 13.5. The Morgan fingerprint density at radius 3 is 2.50 bits per heavy atom. The highest BCUT2D eigenvalue weighted by Gasteiger charge is 2.16. The highest BCUT2D eigenvalue weighted by molar-refractivity contribution is 6.02. The number of urea groups is 1. The molecule has 3 amide bonds. The van der Waals surface area contributed by atoms with E-state index in [9.17, 15) is 14.0 Å². The molecule has 0 spiro atoms. The lowest BCUT2D eigenvalue weighted by Crippen LogP contribution is -2.33. The molecule has 4 rings (SSSR count). The number of nitrogens with one attached hydrogen (secondary N) is 3. The molecular formula is C28H31FN4O3. The number of nitrogens with zero attached hydrogens (tertiary/aromatic N) is 1. The molecule has 0 radical (unpaired) electrons. The van der Waals surface area contributed by atoms with Gasteiger partial charge in [-0.2, -0.15) is 0 Å². The van der Waals surface area contributed by atoms with E-state index in [1.807, 2.05) is 32.0 Å². The highest BCUT2D eigenvalue weighted by atomic mass is 19.1. The quantitative estimate of drug-likeness (QED) is 0.378. The van der Waals surface area contributed by atoms with Crippen molar-refractivity contribution >= 4 is 23.3 Å². The molecule has 3 aromatic rings.